The molecule has 4 nitrogen and oxygen atoms in total. The molecule has 0 fully saturated rings. The average molecular weight is 217 g/mol. The first-order valence-electron chi connectivity index (χ1n) is 5.60. The van der Waals surface area contributed by atoms with Gasteiger partial charge in [-0.25, -0.2) is 4.79 Å². The van der Waals surface area contributed by atoms with Gasteiger partial charge in [0.1, 0.15) is 5.54 Å². The van der Waals surface area contributed by atoms with E-state index in [0.717, 1.165) is 6.42 Å². The Kier molecular flexibility index (Phi) is 7.34. The monoisotopic (exact) mass is 217 g/mol. The van der Waals surface area contributed by atoms with E-state index in [9.17, 15) is 4.79 Å². The van der Waals surface area contributed by atoms with Crippen molar-refractivity contribution in [2.45, 2.75) is 39.7 Å². The maximum Gasteiger partial charge on any atom is 0.328 e. The summed E-state index contributed by atoms with van der Waals surface area (Å²) in [7, 11) is 0. The minimum atomic E-state index is -0.722. The Morgan fingerprint density at radius 3 is 2.47 bits per heavy atom. The molecule has 0 aromatic heterocycles. The number of hydrogen-bond acceptors (Lipinski definition) is 4. The van der Waals surface area contributed by atoms with Crippen LogP contribution in [0.2, 0.25) is 0 Å². The van der Waals surface area contributed by atoms with Gasteiger partial charge in [0.25, 0.3) is 0 Å². The molecule has 1 unspecified atom stereocenters. The molecule has 0 bridgehead atoms. The van der Waals surface area contributed by atoms with Crippen LogP contribution in [-0.2, 0) is 14.3 Å². The molecule has 0 radical (unpaired) electrons. The second-order valence-corrected chi connectivity index (χ2v) is 3.64. The van der Waals surface area contributed by atoms with Crippen molar-refractivity contribution in [3.8, 4) is 0 Å². The van der Waals surface area contributed by atoms with Gasteiger partial charge in [-0.05, 0) is 26.8 Å². The van der Waals surface area contributed by atoms with Crippen molar-refractivity contribution in [2.75, 3.05) is 26.4 Å². The smallest absolute Gasteiger partial charge is 0.328 e. The van der Waals surface area contributed by atoms with Crippen LogP contribution in [0.4, 0.5) is 0 Å². The van der Waals surface area contributed by atoms with Crippen molar-refractivity contribution in [1.29, 1.82) is 0 Å². The third-order valence-electron chi connectivity index (χ3n) is 2.03. The standard InChI is InChI=1S/C11H23NO3/c1-5-8-14-9-11(4,12-6-2)10(13)15-7-3/h12H,5-9H2,1-4H3. The van der Waals surface area contributed by atoms with Gasteiger partial charge in [-0.2, -0.15) is 0 Å². The van der Waals surface area contributed by atoms with Crippen LogP contribution >= 0.6 is 0 Å². The highest BCUT2D eigenvalue weighted by Gasteiger charge is 2.33. The quantitative estimate of drug-likeness (QED) is 0.492. The van der Waals surface area contributed by atoms with Gasteiger partial charge in [0.15, 0.2) is 0 Å². The number of hydrogen-bond donors (Lipinski definition) is 1. The third-order valence-corrected chi connectivity index (χ3v) is 2.03. The normalized spacial score (nSPS) is 14.7. The van der Waals surface area contributed by atoms with E-state index in [4.69, 9.17) is 9.47 Å². The second kappa shape index (κ2) is 7.65. The van der Waals surface area contributed by atoms with Gasteiger partial charge >= 0.3 is 5.97 Å². The molecular formula is C11H23NO3. The largest absolute Gasteiger partial charge is 0.465 e. The molecular weight excluding hydrogens is 194 g/mol. The van der Waals surface area contributed by atoms with Crippen LogP contribution in [0.25, 0.3) is 0 Å². The second-order valence-electron chi connectivity index (χ2n) is 3.64. The Balaban J connectivity index is 4.22. The average Bonchev–Trinajstić information content (AvgIpc) is 2.19. The highest BCUT2D eigenvalue weighted by Crippen LogP contribution is 2.07. The number of ether oxygens (including phenoxy) is 2. The molecule has 0 saturated heterocycles. The van der Waals surface area contributed by atoms with Crippen molar-refractivity contribution in [1.82, 2.24) is 5.32 Å². The van der Waals surface area contributed by atoms with Gasteiger partial charge in [0.2, 0.25) is 0 Å². The summed E-state index contributed by atoms with van der Waals surface area (Å²) in [5, 5.41) is 3.10. The Hall–Kier alpha value is -0.610. The minimum Gasteiger partial charge on any atom is -0.465 e. The summed E-state index contributed by atoms with van der Waals surface area (Å²) in [5.41, 5.74) is -0.722. The van der Waals surface area contributed by atoms with Gasteiger partial charge in [-0.3, -0.25) is 0 Å². The number of rotatable bonds is 8. The molecule has 0 rings (SSSR count). The molecule has 1 N–H and O–H groups in total. The molecule has 0 aromatic rings. The fourth-order valence-electron chi connectivity index (χ4n) is 1.28. The lowest BCUT2D eigenvalue weighted by molar-refractivity contribution is -0.153. The predicted molar refractivity (Wildman–Crippen MR) is 59.8 cm³/mol. The van der Waals surface area contributed by atoms with E-state index in [1.54, 1.807) is 6.92 Å². The van der Waals surface area contributed by atoms with E-state index < -0.39 is 5.54 Å². The van der Waals surface area contributed by atoms with Crippen LogP contribution in [0, 0.1) is 0 Å². The summed E-state index contributed by atoms with van der Waals surface area (Å²) >= 11 is 0. The molecule has 0 aliphatic heterocycles. The van der Waals surface area contributed by atoms with Crippen LogP contribution in [0.1, 0.15) is 34.1 Å². The summed E-state index contributed by atoms with van der Waals surface area (Å²) in [6, 6.07) is 0. The van der Waals surface area contributed by atoms with Gasteiger partial charge < -0.3 is 14.8 Å². The SMILES string of the molecule is CCCOCC(C)(NCC)C(=O)OCC. The lowest BCUT2D eigenvalue weighted by atomic mass is 10.0. The minimum absolute atomic E-state index is 0.247. The van der Waals surface area contributed by atoms with Crippen molar-refractivity contribution in [3.63, 3.8) is 0 Å². The zero-order chi connectivity index (χ0) is 11.7. The highest BCUT2D eigenvalue weighted by atomic mass is 16.5. The van der Waals surface area contributed by atoms with E-state index in [-0.39, 0.29) is 5.97 Å². The Bertz CT molecular complexity index is 185. The summed E-state index contributed by atoms with van der Waals surface area (Å²) in [5.74, 6) is -0.247. The van der Waals surface area contributed by atoms with Crippen molar-refractivity contribution in [2.24, 2.45) is 0 Å². The van der Waals surface area contributed by atoms with E-state index in [1.807, 2.05) is 20.8 Å². The van der Waals surface area contributed by atoms with E-state index in [1.165, 1.54) is 0 Å². The molecule has 4 heteroatoms. The molecule has 0 amide bonds. The third kappa shape index (κ3) is 5.14. The fourth-order valence-corrected chi connectivity index (χ4v) is 1.28. The highest BCUT2D eigenvalue weighted by molar-refractivity contribution is 5.80. The van der Waals surface area contributed by atoms with E-state index in [2.05, 4.69) is 5.32 Å². The lowest BCUT2D eigenvalue weighted by Crippen LogP contribution is -2.54. The number of nitrogens with one attached hydrogen (secondary N) is 1. The molecule has 90 valence electrons. The molecule has 0 heterocycles. The van der Waals surface area contributed by atoms with Gasteiger partial charge in [0, 0.05) is 6.61 Å². The molecule has 15 heavy (non-hydrogen) atoms. The van der Waals surface area contributed by atoms with Crippen LogP contribution < -0.4 is 5.32 Å². The van der Waals surface area contributed by atoms with Crippen LogP contribution in [0.5, 0.6) is 0 Å². The van der Waals surface area contributed by atoms with Gasteiger partial charge in [0.05, 0.1) is 13.2 Å². The molecule has 0 aliphatic carbocycles. The van der Waals surface area contributed by atoms with Crippen molar-refractivity contribution < 1.29 is 14.3 Å². The lowest BCUT2D eigenvalue weighted by Gasteiger charge is -2.27. The Morgan fingerprint density at radius 2 is 2.00 bits per heavy atom. The summed E-state index contributed by atoms with van der Waals surface area (Å²) in [6.45, 7) is 9.74. The first kappa shape index (κ1) is 14.4. The zero-order valence-electron chi connectivity index (χ0n) is 10.3. The molecule has 1 atom stereocenters. The summed E-state index contributed by atoms with van der Waals surface area (Å²) < 4.78 is 10.4. The number of esters is 1. The van der Waals surface area contributed by atoms with Gasteiger partial charge in [-0.15, -0.1) is 0 Å². The molecule has 0 aliphatic rings. The van der Waals surface area contributed by atoms with Crippen LogP contribution in [0.3, 0.4) is 0 Å². The Morgan fingerprint density at radius 1 is 1.33 bits per heavy atom. The van der Waals surface area contributed by atoms with Crippen LogP contribution in [0.15, 0.2) is 0 Å². The zero-order valence-corrected chi connectivity index (χ0v) is 10.3. The molecule has 0 saturated carbocycles. The number of likely N-dealkylation sites (N-methyl/N-ethyl adjacent to an activating group) is 1. The topological polar surface area (TPSA) is 47.6 Å². The van der Waals surface area contributed by atoms with Crippen LogP contribution in [-0.4, -0.2) is 37.9 Å². The maximum absolute atomic E-state index is 11.7. The van der Waals surface area contributed by atoms with E-state index in [0.29, 0.717) is 26.4 Å². The first-order valence-corrected chi connectivity index (χ1v) is 5.60. The fraction of sp³-hybridized carbons (Fsp3) is 0.909. The van der Waals surface area contributed by atoms with Crippen molar-refractivity contribution >= 4 is 5.97 Å². The van der Waals surface area contributed by atoms with E-state index >= 15 is 0 Å². The number of carbonyl (C=O) groups excluding carboxylic acids is 1. The molecule has 0 spiro atoms. The number of carbonyl (C=O) groups is 1. The summed E-state index contributed by atoms with van der Waals surface area (Å²) in [4.78, 5) is 11.7. The summed E-state index contributed by atoms with van der Waals surface area (Å²) in [6.07, 6.45) is 0.949. The van der Waals surface area contributed by atoms with Gasteiger partial charge in [-0.1, -0.05) is 13.8 Å². The maximum atomic E-state index is 11.7. The van der Waals surface area contributed by atoms with Crippen molar-refractivity contribution in [3.05, 3.63) is 0 Å². The molecule has 0 aromatic carbocycles. The predicted octanol–water partition coefficient (Wildman–Crippen LogP) is 1.34. The first-order chi connectivity index (χ1) is 7.10. The Labute approximate surface area is 92.3 Å².